The molecule has 5 heteroatoms. The summed E-state index contributed by atoms with van der Waals surface area (Å²) in [5.74, 6) is -0.150. The molecule has 1 atom stereocenters. The number of aliphatic carboxylic acids is 1. The van der Waals surface area contributed by atoms with Crippen LogP contribution in [-0.4, -0.2) is 18.2 Å². The van der Waals surface area contributed by atoms with Gasteiger partial charge in [0, 0.05) is 11.5 Å². The minimum atomic E-state index is -0.861. The lowest BCUT2D eigenvalue weighted by Crippen LogP contribution is -2.13. The van der Waals surface area contributed by atoms with Crippen molar-refractivity contribution in [3.8, 4) is 22.6 Å². The first-order chi connectivity index (χ1) is 16.5. The molecule has 0 aliphatic carbocycles. The molecule has 0 saturated heterocycles. The van der Waals surface area contributed by atoms with E-state index in [1.807, 2.05) is 49.4 Å². The van der Waals surface area contributed by atoms with Gasteiger partial charge in [-0.25, -0.2) is 4.39 Å². The largest absolute Gasteiger partial charge is 0.497 e. The summed E-state index contributed by atoms with van der Waals surface area (Å²) < 4.78 is 26.2. The second-order valence-corrected chi connectivity index (χ2v) is 9.83. The second kappa shape index (κ2) is 10.8. The maximum absolute atomic E-state index is 14.9. The zero-order valence-electron chi connectivity index (χ0n) is 21.0. The SMILES string of the molecule is C=C(C)C(CC(=O)O)c1ccc(OCc2ccc(C(C)(C)C)c(-c3cc(OC)ccc3F)c2)cc1. The monoisotopic (exact) mass is 476 g/mol. The number of rotatable bonds is 9. The first-order valence-electron chi connectivity index (χ1n) is 11.6. The molecule has 1 unspecified atom stereocenters. The number of methoxy groups -OCH3 is 1. The fourth-order valence-corrected chi connectivity index (χ4v) is 4.11. The van der Waals surface area contributed by atoms with Crippen LogP contribution in [0.4, 0.5) is 4.39 Å². The Morgan fingerprint density at radius 1 is 1.00 bits per heavy atom. The lowest BCUT2D eigenvalue weighted by atomic mass is 9.81. The van der Waals surface area contributed by atoms with E-state index in [4.69, 9.17) is 9.47 Å². The van der Waals surface area contributed by atoms with Crippen molar-refractivity contribution in [1.82, 2.24) is 0 Å². The van der Waals surface area contributed by atoms with Gasteiger partial charge < -0.3 is 14.6 Å². The Balaban J connectivity index is 1.86. The maximum Gasteiger partial charge on any atom is 0.304 e. The average molecular weight is 477 g/mol. The van der Waals surface area contributed by atoms with Crippen LogP contribution in [0, 0.1) is 5.82 Å². The normalized spacial score (nSPS) is 12.2. The highest BCUT2D eigenvalue weighted by atomic mass is 19.1. The molecule has 35 heavy (non-hydrogen) atoms. The second-order valence-electron chi connectivity index (χ2n) is 9.83. The van der Waals surface area contributed by atoms with E-state index in [-0.39, 0.29) is 23.6 Å². The average Bonchev–Trinajstić information content (AvgIpc) is 2.81. The van der Waals surface area contributed by atoms with Gasteiger partial charge in [-0.05, 0) is 71.0 Å². The minimum absolute atomic E-state index is 0.000724. The van der Waals surface area contributed by atoms with Crippen molar-refractivity contribution in [3.63, 3.8) is 0 Å². The van der Waals surface area contributed by atoms with Crippen molar-refractivity contribution in [1.29, 1.82) is 0 Å². The molecular weight excluding hydrogens is 443 g/mol. The molecule has 0 amide bonds. The third kappa shape index (κ3) is 6.50. The summed E-state index contributed by atoms with van der Waals surface area (Å²) in [6.07, 6.45) is -0.000724. The van der Waals surface area contributed by atoms with Crippen LogP contribution in [0.3, 0.4) is 0 Å². The third-order valence-electron chi connectivity index (χ3n) is 6.02. The van der Waals surface area contributed by atoms with Crippen molar-refractivity contribution < 1.29 is 23.8 Å². The summed E-state index contributed by atoms with van der Waals surface area (Å²) in [5.41, 5.74) is 4.74. The Hall–Kier alpha value is -3.60. The van der Waals surface area contributed by atoms with Gasteiger partial charge in [0.15, 0.2) is 0 Å². The Kier molecular flexibility index (Phi) is 8.00. The number of ether oxygens (including phenoxy) is 2. The number of hydrogen-bond donors (Lipinski definition) is 1. The van der Waals surface area contributed by atoms with Crippen LogP contribution < -0.4 is 9.47 Å². The van der Waals surface area contributed by atoms with Gasteiger partial charge in [0.05, 0.1) is 13.5 Å². The van der Waals surface area contributed by atoms with E-state index in [0.717, 1.165) is 27.8 Å². The van der Waals surface area contributed by atoms with Gasteiger partial charge in [-0.1, -0.05) is 57.2 Å². The van der Waals surface area contributed by atoms with Crippen molar-refractivity contribution in [2.45, 2.75) is 52.1 Å². The molecule has 0 saturated carbocycles. The van der Waals surface area contributed by atoms with Crippen molar-refractivity contribution >= 4 is 5.97 Å². The molecule has 0 aliphatic heterocycles. The van der Waals surface area contributed by atoms with Gasteiger partial charge in [0.1, 0.15) is 23.9 Å². The zero-order chi connectivity index (χ0) is 25.8. The van der Waals surface area contributed by atoms with E-state index >= 15 is 0 Å². The lowest BCUT2D eigenvalue weighted by Gasteiger charge is -2.24. The van der Waals surface area contributed by atoms with Gasteiger partial charge in [0.25, 0.3) is 0 Å². The first-order valence-corrected chi connectivity index (χ1v) is 11.6. The number of benzene rings is 3. The van der Waals surface area contributed by atoms with Crippen LogP contribution in [0.5, 0.6) is 11.5 Å². The highest BCUT2D eigenvalue weighted by molar-refractivity contribution is 5.71. The van der Waals surface area contributed by atoms with Crippen molar-refractivity contribution in [2.75, 3.05) is 7.11 Å². The minimum Gasteiger partial charge on any atom is -0.497 e. The topological polar surface area (TPSA) is 55.8 Å². The highest BCUT2D eigenvalue weighted by Crippen LogP contribution is 2.37. The summed E-state index contributed by atoms with van der Waals surface area (Å²) in [4.78, 5) is 11.2. The van der Waals surface area contributed by atoms with Crippen LogP contribution in [0.2, 0.25) is 0 Å². The molecule has 0 fully saturated rings. The van der Waals surface area contributed by atoms with Crippen LogP contribution in [0.1, 0.15) is 56.7 Å². The summed E-state index contributed by atoms with van der Waals surface area (Å²) in [7, 11) is 1.57. The van der Waals surface area contributed by atoms with E-state index in [2.05, 4.69) is 27.4 Å². The Morgan fingerprint density at radius 3 is 2.23 bits per heavy atom. The molecule has 0 spiro atoms. The molecule has 0 bridgehead atoms. The van der Waals surface area contributed by atoms with E-state index in [0.29, 0.717) is 23.7 Å². The number of hydrogen-bond acceptors (Lipinski definition) is 3. The van der Waals surface area contributed by atoms with E-state index in [1.165, 1.54) is 6.07 Å². The smallest absolute Gasteiger partial charge is 0.304 e. The fraction of sp³-hybridized carbons (Fsp3) is 0.300. The number of carboxylic acid groups (broad SMARTS) is 1. The quantitative estimate of drug-likeness (QED) is 0.325. The van der Waals surface area contributed by atoms with Gasteiger partial charge in [-0.15, -0.1) is 0 Å². The molecule has 0 aromatic heterocycles. The molecule has 0 heterocycles. The predicted octanol–water partition coefficient (Wildman–Crippen LogP) is 7.51. The first kappa shape index (κ1) is 26.0. The maximum atomic E-state index is 14.9. The Morgan fingerprint density at radius 2 is 1.66 bits per heavy atom. The van der Waals surface area contributed by atoms with Gasteiger partial charge >= 0.3 is 5.97 Å². The highest BCUT2D eigenvalue weighted by Gasteiger charge is 2.21. The van der Waals surface area contributed by atoms with E-state index < -0.39 is 5.97 Å². The molecule has 3 aromatic rings. The number of allylic oxidation sites excluding steroid dienone is 1. The molecule has 184 valence electrons. The summed E-state index contributed by atoms with van der Waals surface area (Å²) in [6, 6.07) is 18.2. The van der Waals surface area contributed by atoms with Crippen LogP contribution in [0.25, 0.3) is 11.1 Å². The summed E-state index contributed by atoms with van der Waals surface area (Å²) in [6.45, 7) is 12.4. The van der Waals surface area contributed by atoms with Crippen LogP contribution >= 0.6 is 0 Å². The molecular formula is C30H33FO4. The summed E-state index contributed by atoms with van der Waals surface area (Å²) in [5, 5.41) is 9.18. The standard InChI is InChI=1S/C30H33FO4/c1-19(2)24(17-29(32)33)21-8-10-22(11-9-21)35-18-20-7-13-27(30(3,4)5)25(15-20)26-16-23(34-6)12-14-28(26)31/h7-16,24H,1,17-18H2,2-6H3,(H,32,33). The Labute approximate surface area is 207 Å². The molecule has 3 rings (SSSR count). The fourth-order valence-electron chi connectivity index (χ4n) is 4.11. The summed E-state index contributed by atoms with van der Waals surface area (Å²) >= 11 is 0. The number of carbonyl (C=O) groups is 1. The van der Waals surface area contributed by atoms with Gasteiger partial charge in [-0.3, -0.25) is 4.79 Å². The zero-order valence-corrected chi connectivity index (χ0v) is 21.0. The molecule has 0 radical (unpaired) electrons. The molecule has 4 nitrogen and oxygen atoms in total. The van der Waals surface area contributed by atoms with E-state index in [9.17, 15) is 14.3 Å². The van der Waals surface area contributed by atoms with Gasteiger partial charge in [-0.2, -0.15) is 0 Å². The van der Waals surface area contributed by atoms with Crippen LogP contribution in [-0.2, 0) is 16.8 Å². The van der Waals surface area contributed by atoms with Crippen LogP contribution in [0.15, 0.2) is 72.8 Å². The Bertz CT molecular complexity index is 1210. The third-order valence-corrected chi connectivity index (χ3v) is 6.02. The molecule has 1 N–H and O–H groups in total. The van der Waals surface area contributed by atoms with E-state index in [1.54, 1.807) is 19.2 Å². The predicted molar refractivity (Wildman–Crippen MR) is 138 cm³/mol. The van der Waals surface area contributed by atoms with Crippen molar-refractivity contribution in [2.24, 2.45) is 0 Å². The number of carboxylic acids is 1. The lowest BCUT2D eigenvalue weighted by molar-refractivity contribution is -0.137. The molecule has 0 aliphatic rings. The van der Waals surface area contributed by atoms with Gasteiger partial charge in [0.2, 0.25) is 0 Å². The molecule has 3 aromatic carbocycles. The van der Waals surface area contributed by atoms with Crippen molar-refractivity contribution in [3.05, 3.63) is 95.3 Å². The number of halogens is 1.